The summed E-state index contributed by atoms with van der Waals surface area (Å²) in [5, 5.41) is 10.3. The smallest absolute Gasteiger partial charge is 0.320 e. The van der Waals surface area contributed by atoms with Crippen LogP contribution in [0.1, 0.15) is 31.6 Å². The Morgan fingerprint density at radius 2 is 2.26 bits per heavy atom. The van der Waals surface area contributed by atoms with Crippen LogP contribution in [0.4, 0.5) is 0 Å². The van der Waals surface area contributed by atoms with Crippen molar-refractivity contribution in [1.82, 2.24) is 4.90 Å². The molecule has 2 unspecified atom stereocenters. The zero-order valence-corrected chi connectivity index (χ0v) is 10.9. The highest BCUT2D eigenvalue weighted by Gasteiger charge is 2.35. The molecule has 1 aliphatic rings. The Morgan fingerprint density at radius 1 is 1.47 bits per heavy atom. The molecule has 2 aromatic rings. The molecular formula is C15H17NO3. The summed E-state index contributed by atoms with van der Waals surface area (Å²) in [6, 6.07) is 9.48. The SMILES string of the molecule is CC(c1cc2ccccc2o1)N1CCCC1C(=O)O. The maximum Gasteiger partial charge on any atom is 0.320 e. The molecular weight excluding hydrogens is 242 g/mol. The number of carbonyl (C=O) groups is 1. The third-order valence-electron chi connectivity index (χ3n) is 3.93. The number of furan rings is 1. The van der Waals surface area contributed by atoms with E-state index < -0.39 is 5.97 Å². The number of benzene rings is 1. The lowest BCUT2D eigenvalue weighted by Gasteiger charge is -2.26. The van der Waals surface area contributed by atoms with Gasteiger partial charge in [0.05, 0.1) is 6.04 Å². The van der Waals surface area contributed by atoms with Crippen LogP contribution in [0.25, 0.3) is 11.0 Å². The molecule has 4 nitrogen and oxygen atoms in total. The van der Waals surface area contributed by atoms with Crippen LogP contribution >= 0.6 is 0 Å². The first-order chi connectivity index (χ1) is 9.16. The van der Waals surface area contributed by atoms with Crippen LogP contribution in [0.2, 0.25) is 0 Å². The van der Waals surface area contributed by atoms with Crippen molar-refractivity contribution in [3.63, 3.8) is 0 Å². The van der Waals surface area contributed by atoms with Crippen LogP contribution in [-0.4, -0.2) is 28.6 Å². The van der Waals surface area contributed by atoms with E-state index in [1.807, 2.05) is 42.2 Å². The predicted molar refractivity (Wildman–Crippen MR) is 72.0 cm³/mol. The molecule has 0 spiro atoms. The van der Waals surface area contributed by atoms with Crippen molar-refractivity contribution in [2.45, 2.75) is 31.8 Å². The Labute approximate surface area is 111 Å². The number of nitrogens with zero attached hydrogens (tertiary/aromatic N) is 1. The lowest BCUT2D eigenvalue weighted by Crippen LogP contribution is -2.37. The van der Waals surface area contributed by atoms with Crippen molar-refractivity contribution in [3.05, 3.63) is 36.1 Å². The van der Waals surface area contributed by atoms with Crippen LogP contribution in [0.15, 0.2) is 34.7 Å². The van der Waals surface area contributed by atoms with Gasteiger partial charge in [0.2, 0.25) is 0 Å². The van der Waals surface area contributed by atoms with E-state index in [1.165, 1.54) is 0 Å². The third kappa shape index (κ3) is 2.12. The van der Waals surface area contributed by atoms with E-state index in [-0.39, 0.29) is 12.1 Å². The highest BCUT2D eigenvalue weighted by atomic mass is 16.4. The van der Waals surface area contributed by atoms with Gasteiger partial charge >= 0.3 is 5.97 Å². The lowest BCUT2D eigenvalue weighted by molar-refractivity contribution is -0.143. The van der Waals surface area contributed by atoms with Crippen LogP contribution in [0.5, 0.6) is 0 Å². The molecule has 1 aromatic carbocycles. The Morgan fingerprint density at radius 3 is 3.00 bits per heavy atom. The van der Waals surface area contributed by atoms with Gasteiger partial charge in [0.25, 0.3) is 0 Å². The summed E-state index contributed by atoms with van der Waals surface area (Å²) in [4.78, 5) is 13.3. The zero-order chi connectivity index (χ0) is 13.4. The van der Waals surface area contributed by atoms with Gasteiger partial charge in [0.15, 0.2) is 0 Å². The summed E-state index contributed by atoms with van der Waals surface area (Å²) in [7, 11) is 0. The summed E-state index contributed by atoms with van der Waals surface area (Å²) < 4.78 is 5.84. The van der Waals surface area contributed by atoms with Gasteiger partial charge in [0.1, 0.15) is 17.4 Å². The van der Waals surface area contributed by atoms with Crippen molar-refractivity contribution in [2.24, 2.45) is 0 Å². The van der Waals surface area contributed by atoms with Crippen molar-refractivity contribution in [3.8, 4) is 0 Å². The predicted octanol–water partition coefficient (Wildman–Crippen LogP) is 3.04. The first-order valence-corrected chi connectivity index (χ1v) is 6.64. The van der Waals surface area contributed by atoms with Gasteiger partial charge in [-0.2, -0.15) is 0 Å². The summed E-state index contributed by atoms with van der Waals surface area (Å²) in [6.45, 7) is 2.83. The molecule has 0 radical (unpaired) electrons. The minimum Gasteiger partial charge on any atom is -0.480 e. The number of para-hydroxylation sites is 1. The van der Waals surface area contributed by atoms with Gasteiger partial charge in [-0.05, 0) is 38.4 Å². The fourth-order valence-corrected chi connectivity index (χ4v) is 2.89. The molecule has 19 heavy (non-hydrogen) atoms. The Kier molecular flexibility index (Phi) is 3.03. The highest BCUT2D eigenvalue weighted by molar-refractivity contribution is 5.78. The number of hydrogen-bond donors (Lipinski definition) is 1. The van der Waals surface area contributed by atoms with E-state index in [1.54, 1.807) is 0 Å². The molecule has 1 saturated heterocycles. The molecule has 0 bridgehead atoms. The maximum absolute atomic E-state index is 11.2. The van der Waals surface area contributed by atoms with Crippen LogP contribution in [-0.2, 0) is 4.79 Å². The second-order valence-corrected chi connectivity index (χ2v) is 5.10. The first kappa shape index (κ1) is 12.2. The van der Waals surface area contributed by atoms with E-state index in [0.717, 1.165) is 36.1 Å². The van der Waals surface area contributed by atoms with Gasteiger partial charge in [-0.1, -0.05) is 18.2 Å². The molecule has 1 aliphatic heterocycles. The minimum absolute atomic E-state index is 0.00370. The van der Waals surface area contributed by atoms with Gasteiger partial charge in [-0.25, -0.2) is 0 Å². The highest BCUT2D eigenvalue weighted by Crippen LogP contribution is 2.32. The quantitative estimate of drug-likeness (QED) is 0.920. The lowest BCUT2D eigenvalue weighted by atomic mass is 10.1. The fourth-order valence-electron chi connectivity index (χ4n) is 2.89. The molecule has 0 saturated carbocycles. The number of hydrogen-bond acceptors (Lipinski definition) is 3. The molecule has 100 valence electrons. The second kappa shape index (κ2) is 4.70. The fraction of sp³-hybridized carbons (Fsp3) is 0.400. The van der Waals surface area contributed by atoms with Crippen LogP contribution in [0, 0.1) is 0 Å². The Balaban J connectivity index is 1.90. The molecule has 1 aromatic heterocycles. The maximum atomic E-state index is 11.2. The average Bonchev–Trinajstić information content (AvgIpc) is 3.04. The zero-order valence-electron chi connectivity index (χ0n) is 10.9. The summed E-state index contributed by atoms with van der Waals surface area (Å²) >= 11 is 0. The number of carboxylic acids is 1. The van der Waals surface area contributed by atoms with Crippen molar-refractivity contribution in [1.29, 1.82) is 0 Å². The van der Waals surface area contributed by atoms with Gasteiger partial charge < -0.3 is 9.52 Å². The average molecular weight is 259 g/mol. The molecule has 2 heterocycles. The summed E-state index contributed by atoms with van der Waals surface area (Å²) in [5.74, 6) is 0.106. The van der Waals surface area contributed by atoms with Crippen LogP contribution in [0.3, 0.4) is 0 Å². The van der Waals surface area contributed by atoms with Gasteiger partial charge in [-0.3, -0.25) is 9.69 Å². The number of aliphatic carboxylic acids is 1. The number of carboxylic acid groups (broad SMARTS) is 1. The molecule has 3 rings (SSSR count). The van der Waals surface area contributed by atoms with E-state index in [0.29, 0.717) is 0 Å². The molecule has 4 heteroatoms. The number of fused-ring (bicyclic) bond motifs is 1. The third-order valence-corrected chi connectivity index (χ3v) is 3.93. The molecule has 0 amide bonds. The summed E-state index contributed by atoms with van der Waals surface area (Å²) in [5.41, 5.74) is 0.857. The van der Waals surface area contributed by atoms with Crippen molar-refractivity contribution >= 4 is 16.9 Å². The van der Waals surface area contributed by atoms with E-state index >= 15 is 0 Å². The standard InChI is InChI=1S/C15H17NO3/c1-10(16-8-4-6-12(16)15(17)18)14-9-11-5-2-3-7-13(11)19-14/h2-3,5,7,9-10,12H,4,6,8H2,1H3,(H,17,18). The molecule has 2 atom stereocenters. The second-order valence-electron chi connectivity index (χ2n) is 5.10. The first-order valence-electron chi connectivity index (χ1n) is 6.64. The van der Waals surface area contributed by atoms with E-state index in [4.69, 9.17) is 4.42 Å². The van der Waals surface area contributed by atoms with Crippen molar-refractivity contribution in [2.75, 3.05) is 6.54 Å². The van der Waals surface area contributed by atoms with E-state index in [9.17, 15) is 9.90 Å². The van der Waals surface area contributed by atoms with E-state index in [2.05, 4.69) is 0 Å². The topological polar surface area (TPSA) is 53.7 Å². The summed E-state index contributed by atoms with van der Waals surface area (Å²) in [6.07, 6.45) is 1.65. The molecule has 1 N–H and O–H groups in total. The van der Waals surface area contributed by atoms with Crippen LogP contribution < -0.4 is 0 Å². The molecule has 1 fully saturated rings. The number of rotatable bonds is 3. The van der Waals surface area contributed by atoms with Gasteiger partial charge in [0, 0.05) is 5.39 Å². The monoisotopic (exact) mass is 259 g/mol. The number of likely N-dealkylation sites (tertiary alicyclic amines) is 1. The van der Waals surface area contributed by atoms with Gasteiger partial charge in [-0.15, -0.1) is 0 Å². The Bertz CT molecular complexity index is 571. The van der Waals surface area contributed by atoms with Crippen molar-refractivity contribution < 1.29 is 14.3 Å². The largest absolute Gasteiger partial charge is 0.480 e. The normalized spacial score (nSPS) is 21.8. The minimum atomic E-state index is -0.736. The molecule has 0 aliphatic carbocycles. The Hall–Kier alpha value is -1.81.